The van der Waals surface area contributed by atoms with E-state index in [0.29, 0.717) is 11.9 Å². The summed E-state index contributed by atoms with van der Waals surface area (Å²) in [6, 6.07) is 5.97. The van der Waals surface area contributed by atoms with E-state index < -0.39 is 5.79 Å². The number of alkyl halides is 1. The van der Waals surface area contributed by atoms with Crippen LogP contribution in [0.5, 0.6) is 0 Å². The van der Waals surface area contributed by atoms with E-state index in [0.717, 1.165) is 16.8 Å². The maximum absolute atomic E-state index is 12.8. The first-order valence-corrected chi connectivity index (χ1v) is 7.96. The Hall–Kier alpha value is -0.910. The van der Waals surface area contributed by atoms with Crippen molar-refractivity contribution in [3.63, 3.8) is 0 Å². The van der Waals surface area contributed by atoms with E-state index in [1.807, 2.05) is 39.0 Å². The Labute approximate surface area is 127 Å². The zero-order chi connectivity index (χ0) is 14.5. The lowest BCUT2D eigenvalue weighted by atomic mass is 10.0. The summed E-state index contributed by atoms with van der Waals surface area (Å²) in [4.78, 5) is 14.6. The van der Waals surface area contributed by atoms with Gasteiger partial charge in [0.1, 0.15) is 0 Å². The van der Waals surface area contributed by atoms with Crippen LogP contribution in [-0.2, 0) is 20.1 Å². The maximum atomic E-state index is 12.8. The van der Waals surface area contributed by atoms with Crippen molar-refractivity contribution in [2.24, 2.45) is 0 Å². The highest BCUT2D eigenvalue weighted by Gasteiger charge is 2.59. The number of rotatable bonds is 2. The molecule has 2 unspecified atom stereocenters. The monoisotopic (exact) mass is 339 g/mol. The Morgan fingerprint density at radius 2 is 1.95 bits per heavy atom. The largest absolute Gasteiger partial charge is 0.333 e. The highest BCUT2D eigenvalue weighted by molar-refractivity contribution is 9.09. The summed E-state index contributed by atoms with van der Waals surface area (Å²) in [6.45, 7) is 6.49. The molecule has 0 bridgehead atoms. The molecular weight excluding hydrogens is 322 g/mol. The molecule has 0 aromatic heterocycles. The van der Waals surface area contributed by atoms with Crippen LogP contribution in [0.15, 0.2) is 18.2 Å². The number of carbonyl (C=O) groups excluding carboxylic acids is 1. The number of anilines is 1. The van der Waals surface area contributed by atoms with Crippen molar-refractivity contribution in [1.29, 1.82) is 0 Å². The van der Waals surface area contributed by atoms with Crippen molar-refractivity contribution < 1.29 is 14.3 Å². The molecule has 1 amide bonds. The van der Waals surface area contributed by atoms with E-state index in [1.165, 1.54) is 0 Å². The van der Waals surface area contributed by atoms with Crippen LogP contribution in [0.2, 0.25) is 0 Å². The van der Waals surface area contributed by atoms with E-state index in [2.05, 4.69) is 15.9 Å². The summed E-state index contributed by atoms with van der Waals surface area (Å²) in [7, 11) is 0. The quantitative estimate of drug-likeness (QED) is 0.777. The van der Waals surface area contributed by atoms with Gasteiger partial charge in [-0.05, 0) is 32.9 Å². The number of hydrogen-bond acceptors (Lipinski definition) is 3. The predicted octanol–water partition coefficient (Wildman–Crippen LogP) is 2.71. The Morgan fingerprint density at radius 3 is 2.55 bits per heavy atom. The van der Waals surface area contributed by atoms with Gasteiger partial charge in [-0.15, -0.1) is 0 Å². The molecule has 1 fully saturated rings. The molecule has 2 heterocycles. The first kappa shape index (κ1) is 14.0. The van der Waals surface area contributed by atoms with Gasteiger partial charge in [0, 0.05) is 17.4 Å². The fourth-order valence-electron chi connectivity index (χ4n) is 2.83. The van der Waals surface area contributed by atoms with Crippen LogP contribution in [0.3, 0.4) is 0 Å². The normalized spacial score (nSPS) is 32.2. The first-order chi connectivity index (χ1) is 9.49. The fraction of sp³-hybridized carbons (Fsp3) is 0.533. The third-order valence-electron chi connectivity index (χ3n) is 4.00. The molecule has 0 saturated carbocycles. The lowest BCUT2D eigenvalue weighted by Crippen LogP contribution is -2.42. The molecule has 20 heavy (non-hydrogen) atoms. The second kappa shape index (κ2) is 4.83. The van der Waals surface area contributed by atoms with Crippen molar-refractivity contribution in [1.82, 2.24) is 0 Å². The van der Waals surface area contributed by atoms with Crippen molar-refractivity contribution in [2.75, 3.05) is 16.8 Å². The minimum absolute atomic E-state index is 0.101. The number of nitrogens with zero attached hydrogens (tertiary/aromatic N) is 1. The molecule has 4 nitrogen and oxygen atoms in total. The highest BCUT2D eigenvalue weighted by atomic mass is 79.9. The molecule has 2 atom stereocenters. The summed E-state index contributed by atoms with van der Waals surface area (Å²) < 4.78 is 11.9. The Morgan fingerprint density at radius 1 is 1.30 bits per heavy atom. The summed E-state index contributed by atoms with van der Waals surface area (Å²) in [6.07, 6.45) is -0.201. The SMILES string of the molecule is Cc1ccc2c(c1)C1(OC(C)C(C)O1)C(=O)N2CCBr. The molecular formula is C15H18BrNO3. The lowest BCUT2D eigenvalue weighted by molar-refractivity contribution is -0.188. The van der Waals surface area contributed by atoms with Crippen LogP contribution in [0.25, 0.3) is 0 Å². The number of hydrogen-bond donors (Lipinski definition) is 0. The van der Waals surface area contributed by atoms with E-state index in [4.69, 9.17) is 9.47 Å². The van der Waals surface area contributed by atoms with Crippen LogP contribution in [0.1, 0.15) is 25.0 Å². The van der Waals surface area contributed by atoms with Gasteiger partial charge in [-0.2, -0.15) is 0 Å². The second-order valence-electron chi connectivity index (χ2n) is 5.43. The molecule has 0 radical (unpaired) electrons. The van der Waals surface area contributed by atoms with E-state index in [9.17, 15) is 4.79 Å². The van der Waals surface area contributed by atoms with Gasteiger partial charge in [0.25, 0.3) is 11.7 Å². The smallest absolute Gasteiger partial charge is 0.292 e. The molecule has 2 aliphatic heterocycles. The number of ether oxygens (including phenoxy) is 2. The van der Waals surface area contributed by atoms with Crippen LogP contribution >= 0.6 is 15.9 Å². The van der Waals surface area contributed by atoms with Crippen LogP contribution < -0.4 is 4.90 Å². The molecule has 1 spiro atoms. The van der Waals surface area contributed by atoms with Gasteiger partial charge in [0.2, 0.25) is 0 Å². The van der Waals surface area contributed by atoms with E-state index in [-0.39, 0.29) is 18.1 Å². The van der Waals surface area contributed by atoms with Crippen LogP contribution in [-0.4, -0.2) is 30.0 Å². The molecule has 0 N–H and O–H groups in total. The standard InChI is InChI=1S/C15H18BrNO3/c1-9-4-5-13-12(8-9)15(14(18)17(13)7-6-16)19-10(2)11(3)20-15/h4-5,8,10-11H,6-7H2,1-3H3. The van der Waals surface area contributed by atoms with Gasteiger partial charge < -0.3 is 14.4 Å². The van der Waals surface area contributed by atoms with Gasteiger partial charge in [-0.25, -0.2) is 0 Å². The number of amides is 1. The minimum Gasteiger partial charge on any atom is -0.333 e. The Balaban J connectivity index is 2.13. The Bertz CT molecular complexity index is 550. The fourth-order valence-corrected chi connectivity index (χ4v) is 3.18. The average Bonchev–Trinajstić information content (AvgIpc) is 2.82. The highest BCUT2D eigenvalue weighted by Crippen LogP contribution is 2.48. The van der Waals surface area contributed by atoms with Crippen LogP contribution in [0.4, 0.5) is 5.69 Å². The van der Waals surface area contributed by atoms with Crippen molar-refractivity contribution in [2.45, 2.75) is 38.8 Å². The lowest BCUT2D eigenvalue weighted by Gasteiger charge is -2.22. The molecule has 1 saturated heterocycles. The van der Waals surface area contributed by atoms with Gasteiger partial charge >= 0.3 is 0 Å². The number of benzene rings is 1. The van der Waals surface area contributed by atoms with E-state index >= 15 is 0 Å². The number of fused-ring (bicyclic) bond motifs is 2. The molecule has 0 aliphatic carbocycles. The van der Waals surface area contributed by atoms with Gasteiger partial charge in [0.15, 0.2) is 0 Å². The summed E-state index contributed by atoms with van der Waals surface area (Å²) in [5, 5.41) is 0.716. The number of aryl methyl sites for hydroxylation is 1. The van der Waals surface area contributed by atoms with Crippen molar-refractivity contribution >= 4 is 27.5 Å². The Kier molecular flexibility index (Phi) is 3.39. The van der Waals surface area contributed by atoms with Gasteiger partial charge in [0.05, 0.1) is 17.9 Å². The number of halogens is 1. The van der Waals surface area contributed by atoms with Gasteiger partial charge in [-0.1, -0.05) is 27.6 Å². The molecule has 2 aliphatic rings. The molecule has 108 valence electrons. The zero-order valence-corrected chi connectivity index (χ0v) is 13.4. The third-order valence-corrected chi connectivity index (χ3v) is 4.35. The predicted molar refractivity (Wildman–Crippen MR) is 80.1 cm³/mol. The average molecular weight is 340 g/mol. The number of carbonyl (C=O) groups is 1. The molecule has 3 rings (SSSR count). The van der Waals surface area contributed by atoms with Crippen molar-refractivity contribution in [3.05, 3.63) is 29.3 Å². The second-order valence-corrected chi connectivity index (χ2v) is 6.22. The summed E-state index contributed by atoms with van der Waals surface area (Å²) >= 11 is 3.40. The van der Waals surface area contributed by atoms with Gasteiger partial charge in [-0.3, -0.25) is 4.79 Å². The topological polar surface area (TPSA) is 38.8 Å². The molecule has 1 aromatic carbocycles. The summed E-state index contributed by atoms with van der Waals surface area (Å²) in [5.74, 6) is -1.36. The molecule has 5 heteroatoms. The maximum Gasteiger partial charge on any atom is 0.292 e. The third kappa shape index (κ3) is 1.84. The zero-order valence-electron chi connectivity index (χ0n) is 11.9. The first-order valence-electron chi connectivity index (χ1n) is 6.84. The van der Waals surface area contributed by atoms with E-state index in [1.54, 1.807) is 4.90 Å². The van der Waals surface area contributed by atoms with Crippen LogP contribution in [0, 0.1) is 6.92 Å². The minimum atomic E-state index is -1.25. The molecule has 1 aromatic rings. The summed E-state index contributed by atoms with van der Waals surface area (Å²) in [5.41, 5.74) is 2.82. The van der Waals surface area contributed by atoms with Crippen molar-refractivity contribution in [3.8, 4) is 0 Å².